The molecule has 2 saturated heterocycles. The molecule has 0 aliphatic carbocycles. The van der Waals surface area contributed by atoms with E-state index in [1.807, 2.05) is 22.2 Å². The molecule has 7 N–H and O–H groups in total. The minimum absolute atomic E-state index is 0.00725. The highest BCUT2D eigenvalue weighted by Gasteiger charge is 2.34. The van der Waals surface area contributed by atoms with Crippen LogP contribution in [0.1, 0.15) is 63.4 Å². The Balaban J connectivity index is 1.19. The van der Waals surface area contributed by atoms with E-state index in [4.69, 9.17) is 35.6 Å². The molecule has 0 unspecified atom stereocenters. The van der Waals surface area contributed by atoms with Gasteiger partial charge in [0.2, 0.25) is 29.7 Å². The first-order chi connectivity index (χ1) is 29.8. The molecule has 5 heterocycles. The van der Waals surface area contributed by atoms with Crippen LogP contribution in [0.25, 0.3) is 0 Å². The molecule has 0 bridgehead atoms. The van der Waals surface area contributed by atoms with Gasteiger partial charge in [-0.05, 0) is 44.4 Å². The molecule has 0 aromatic carbocycles. The lowest BCUT2D eigenvalue weighted by Crippen LogP contribution is -2.52. The first-order valence-corrected chi connectivity index (χ1v) is 21.9. The normalized spacial score (nSPS) is 15.5. The fourth-order valence-corrected chi connectivity index (χ4v) is 7.13. The Morgan fingerprint density at radius 2 is 1.34 bits per heavy atom. The third-order valence-electron chi connectivity index (χ3n) is 10.9. The second-order valence-corrected chi connectivity index (χ2v) is 15.4. The highest BCUT2D eigenvalue weighted by atomic mass is 16.5. The molecule has 336 valence electrons. The first kappa shape index (κ1) is 47.0. The van der Waals surface area contributed by atoms with E-state index in [-0.39, 0.29) is 30.9 Å². The zero-order valence-electron chi connectivity index (χ0n) is 36.3. The SMILES string of the molecule is C#CCOCCOCCOCCNc1nc(N2CCN(C(=O)Cn3cc(CCCC[NH3+])nn3)CC2)nc(N2CCN(C(=O)[C@H]([C@@H](C)CC)n3cc(CCCC[NH3+])nn3)CC2)n1. The monoisotopic (exact) mass is 853 g/mol. The van der Waals surface area contributed by atoms with Gasteiger partial charge in [-0.15, -0.1) is 16.6 Å². The van der Waals surface area contributed by atoms with Gasteiger partial charge in [0.05, 0.1) is 57.5 Å². The molecule has 2 amide bonds. The van der Waals surface area contributed by atoms with Crippen molar-refractivity contribution in [3.05, 3.63) is 23.8 Å². The Bertz CT molecular complexity index is 1790. The second-order valence-electron chi connectivity index (χ2n) is 15.4. The fraction of sp³-hybridized carbons (Fsp3) is 0.725. The van der Waals surface area contributed by atoms with E-state index in [9.17, 15) is 9.59 Å². The number of piperazine rings is 2. The summed E-state index contributed by atoms with van der Waals surface area (Å²) in [6.45, 7) is 13.3. The lowest BCUT2D eigenvalue weighted by Gasteiger charge is -2.38. The summed E-state index contributed by atoms with van der Waals surface area (Å²) < 4.78 is 19.9. The summed E-state index contributed by atoms with van der Waals surface area (Å²) in [6, 6.07) is -0.431. The van der Waals surface area contributed by atoms with Gasteiger partial charge in [-0.2, -0.15) is 15.0 Å². The third kappa shape index (κ3) is 14.8. The van der Waals surface area contributed by atoms with E-state index < -0.39 is 6.04 Å². The quantitative estimate of drug-likeness (QED) is 0.0588. The molecule has 21 nitrogen and oxygen atoms in total. The number of aromatic nitrogens is 9. The Kier molecular flexibility index (Phi) is 19.8. The van der Waals surface area contributed by atoms with Crippen molar-refractivity contribution in [2.45, 2.75) is 71.4 Å². The molecule has 61 heavy (non-hydrogen) atoms. The maximum absolute atomic E-state index is 14.1. The molecular formula is C40H68N16O5+2. The number of nitrogens with zero attached hydrogens (tertiary/aromatic N) is 13. The van der Waals surface area contributed by atoms with Crippen molar-refractivity contribution in [2.75, 3.05) is 127 Å². The maximum Gasteiger partial charge on any atom is 0.247 e. The zero-order chi connectivity index (χ0) is 43.2. The summed E-state index contributed by atoms with van der Waals surface area (Å²) in [5.74, 6) is 4.03. The molecule has 2 aliphatic rings. The number of ether oxygens (including phenoxy) is 3. The number of amides is 2. The van der Waals surface area contributed by atoms with Gasteiger partial charge in [0.1, 0.15) is 19.2 Å². The molecule has 5 rings (SSSR count). The van der Waals surface area contributed by atoms with Crippen molar-refractivity contribution in [3.8, 4) is 12.3 Å². The molecule has 0 radical (unpaired) electrons. The van der Waals surface area contributed by atoms with E-state index in [0.717, 1.165) is 69.4 Å². The predicted molar refractivity (Wildman–Crippen MR) is 227 cm³/mol. The molecule has 2 fully saturated rings. The van der Waals surface area contributed by atoms with Crippen molar-refractivity contribution in [2.24, 2.45) is 5.92 Å². The topological polar surface area (TPSA) is 242 Å². The van der Waals surface area contributed by atoms with Gasteiger partial charge < -0.3 is 50.6 Å². The summed E-state index contributed by atoms with van der Waals surface area (Å²) in [5, 5.41) is 20.5. The number of hydrogen-bond donors (Lipinski definition) is 3. The highest BCUT2D eigenvalue weighted by Crippen LogP contribution is 2.26. The smallest absolute Gasteiger partial charge is 0.247 e. The Morgan fingerprint density at radius 3 is 1.95 bits per heavy atom. The molecule has 0 saturated carbocycles. The standard InChI is InChI=1S/C40H66N16O5/c1-4-23-59-25-27-61-28-26-60-24-14-43-38-44-39(53-19-15-51(16-20-53)35(57)31-55-29-33(47-49-55)10-6-8-12-41)46-40(45-38)54-21-17-52(18-22-54)37(58)36(32(3)5-2)56-30-34(48-50-56)11-7-9-13-42/h1,29-30,32,36H,5-28,31,41-42H2,2-3H3,(H,43,44,45,46)/p+2/t32-,36-/m0/s1. The zero-order valence-corrected chi connectivity index (χ0v) is 36.3. The highest BCUT2D eigenvalue weighted by molar-refractivity contribution is 5.81. The number of carbonyl (C=O) groups is 2. The van der Waals surface area contributed by atoms with Crippen LogP contribution in [-0.2, 0) is 43.2 Å². The molecule has 0 spiro atoms. The van der Waals surface area contributed by atoms with Gasteiger partial charge in [-0.1, -0.05) is 36.6 Å². The number of anilines is 3. The average molecular weight is 853 g/mol. The number of carbonyl (C=O) groups excluding carboxylic acids is 2. The summed E-state index contributed by atoms with van der Waals surface area (Å²) in [5.41, 5.74) is 9.62. The van der Waals surface area contributed by atoms with E-state index in [1.165, 1.54) is 0 Å². The van der Waals surface area contributed by atoms with Crippen LogP contribution in [0.5, 0.6) is 0 Å². The Labute approximate surface area is 359 Å². The molecule has 3 aromatic heterocycles. The van der Waals surface area contributed by atoms with Gasteiger partial charge in [0.15, 0.2) is 0 Å². The molecule has 2 atom stereocenters. The summed E-state index contributed by atoms with van der Waals surface area (Å²) in [7, 11) is 0. The molecule has 2 aliphatic heterocycles. The van der Waals surface area contributed by atoms with E-state index in [2.05, 4.69) is 67.0 Å². The second kappa shape index (κ2) is 25.7. The van der Waals surface area contributed by atoms with Crippen LogP contribution >= 0.6 is 0 Å². The summed E-state index contributed by atoms with van der Waals surface area (Å²) in [6.07, 6.45) is 15.5. The maximum atomic E-state index is 14.1. The van der Waals surface area contributed by atoms with E-state index in [1.54, 1.807) is 9.36 Å². The number of aryl methyl sites for hydroxylation is 2. The molecular weight excluding hydrogens is 785 g/mol. The Hall–Kier alpha value is -5.01. The minimum atomic E-state index is -0.431. The third-order valence-corrected chi connectivity index (χ3v) is 10.9. The van der Waals surface area contributed by atoms with E-state index >= 15 is 0 Å². The summed E-state index contributed by atoms with van der Waals surface area (Å²) >= 11 is 0. The van der Waals surface area contributed by atoms with Crippen LogP contribution in [0, 0.1) is 18.3 Å². The van der Waals surface area contributed by atoms with Crippen LogP contribution in [0.15, 0.2) is 12.4 Å². The van der Waals surface area contributed by atoms with Crippen molar-refractivity contribution in [1.29, 1.82) is 0 Å². The largest absolute Gasteiger partial charge is 0.377 e. The molecule has 21 heteroatoms. The minimum Gasteiger partial charge on any atom is -0.377 e. The van der Waals surface area contributed by atoms with Gasteiger partial charge in [-0.25, -0.2) is 9.36 Å². The van der Waals surface area contributed by atoms with Crippen LogP contribution in [0.4, 0.5) is 17.8 Å². The number of terminal acetylenes is 1. The van der Waals surface area contributed by atoms with Crippen LogP contribution in [-0.4, -0.2) is 178 Å². The van der Waals surface area contributed by atoms with Crippen molar-refractivity contribution >= 4 is 29.7 Å². The summed E-state index contributed by atoms with van der Waals surface area (Å²) in [4.78, 5) is 49.9. The van der Waals surface area contributed by atoms with Crippen LogP contribution in [0.3, 0.4) is 0 Å². The number of nitrogens with one attached hydrogen (secondary N) is 1. The average Bonchev–Trinajstić information content (AvgIpc) is 3.95. The lowest BCUT2D eigenvalue weighted by molar-refractivity contribution is -0.368. The number of rotatable bonds is 27. The van der Waals surface area contributed by atoms with Gasteiger partial charge >= 0.3 is 0 Å². The number of unbranched alkanes of at least 4 members (excludes halogenated alkanes) is 2. The number of quaternary nitrogens is 2. The van der Waals surface area contributed by atoms with Crippen molar-refractivity contribution in [1.82, 2.24) is 54.7 Å². The number of hydrogen-bond acceptors (Lipinski definition) is 15. The first-order valence-electron chi connectivity index (χ1n) is 21.9. The fourth-order valence-electron chi connectivity index (χ4n) is 7.13. The lowest BCUT2D eigenvalue weighted by atomic mass is 9.97. The van der Waals surface area contributed by atoms with Crippen LogP contribution in [0.2, 0.25) is 0 Å². The van der Waals surface area contributed by atoms with Crippen LogP contribution < -0.4 is 26.6 Å². The van der Waals surface area contributed by atoms with Gasteiger partial charge in [-0.3, -0.25) is 9.59 Å². The molecule has 3 aromatic rings. The van der Waals surface area contributed by atoms with Crippen molar-refractivity contribution in [3.63, 3.8) is 0 Å². The van der Waals surface area contributed by atoms with E-state index in [0.29, 0.717) is 110 Å². The Morgan fingerprint density at radius 1 is 0.770 bits per heavy atom. The predicted octanol–water partition coefficient (Wildman–Crippen LogP) is -1.44. The van der Waals surface area contributed by atoms with Gasteiger partial charge in [0.25, 0.3) is 0 Å². The van der Waals surface area contributed by atoms with Crippen molar-refractivity contribution < 1.29 is 35.3 Å². The van der Waals surface area contributed by atoms with Gasteiger partial charge in [0, 0.05) is 71.3 Å².